The average molecular weight is 367 g/mol. The summed E-state index contributed by atoms with van der Waals surface area (Å²) in [5.74, 6) is 0.873. The largest absolute Gasteiger partial charge is 0.492 e. The van der Waals surface area contributed by atoms with Gasteiger partial charge < -0.3 is 4.74 Å². The molecule has 0 aliphatic heterocycles. The molecule has 1 atom stereocenters. The summed E-state index contributed by atoms with van der Waals surface area (Å²) >= 11 is 3.36. The first-order chi connectivity index (χ1) is 10.1. The third kappa shape index (κ3) is 4.51. The molecule has 21 heavy (non-hydrogen) atoms. The smallest absolute Gasteiger partial charge is 0.163 e. The standard InChI is InChI=1S/C16H15BrO3S/c1-12(18)15-7-2-3-8-16(15)20-9-10-21(19)14-6-4-5-13(17)11-14/h2-8,11H,9-10H2,1H3. The highest BCUT2D eigenvalue weighted by atomic mass is 79.9. The van der Waals surface area contributed by atoms with Crippen molar-refractivity contribution < 1.29 is 13.7 Å². The number of hydrogen-bond acceptors (Lipinski definition) is 3. The van der Waals surface area contributed by atoms with E-state index < -0.39 is 10.8 Å². The van der Waals surface area contributed by atoms with Crippen LogP contribution in [0.5, 0.6) is 5.75 Å². The van der Waals surface area contributed by atoms with Crippen LogP contribution in [0.2, 0.25) is 0 Å². The number of rotatable bonds is 6. The lowest BCUT2D eigenvalue weighted by Crippen LogP contribution is -2.10. The van der Waals surface area contributed by atoms with E-state index in [-0.39, 0.29) is 5.78 Å². The van der Waals surface area contributed by atoms with E-state index in [0.29, 0.717) is 23.7 Å². The summed E-state index contributed by atoms with van der Waals surface area (Å²) in [7, 11) is -1.12. The van der Waals surface area contributed by atoms with Gasteiger partial charge in [0.05, 0.1) is 22.1 Å². The van der Waals surface area contributed by atoms with E-state index in [1.54, 1.807) is 18.2 Å². The SMILES string of the molecule is CC(=O)c1ccccc1OCCS(=O)c1cccc(Br)c1. The maximum atomic E-state index is 12.1. The maximum Gasteiger partial charge on any atom is 0.163 e. The molecule has 0 aromatic heterocycles. The number of para-hydroxylation sites is 1. The number of hydrogen-bond donors (Lipinski definition) is 0. The Bertz CT molecular complexity index is 670. The van der Waals surface area contributed by atoms with Gasteiger partial charge in [0, 0.05) is 9.37 Å². The van der Waals surface area contributed by atoms with Crippen molar-refractivity contribution in [2.45, 2.75) is 11.8 Å². The van der Waals surface area contributed by atoms with Gasteiger partial charge in [0.2, 0.25) is 0 Å². The van der Waals surface area contributed by atoms with E-state index in [0.717, 1.165) is 9.37 Å². The van der Waals surface area contributed by atoms with E-state index in [2.05, 4.69) is 15.9 Å². The summed E-state index contributed by atoms with van der Waals surface area (Å²) in [5, 5.41) is 0. The molecule has 2 aromatic carbocycles. The van der Waals surface area contributed by atoms with Crippen molar-refractivity contribution in [2.75, 3.05) is 12.4 Å². The van der Waals surface area contributed by atoms with Gasteiger partial charge >= 0.3 is 0 Å². The fourth-order valence-electron chi connectivity index (χ4n) is 1.84. The lowest BCUT2D eigenvalue weighted by atomic mass is 10.1. The van der Waals surface area contributed by atoms with Gasteiger partial charge in [-0.3, -0.25) is 9.00 Å². The second-order valence-corrected chi connectivity index (χ2v) is 6.89. The summed E-state index contributed by atoms with van der Waals surface area (Å²) in [5.41, 5.74) is 0.547. The summed E-state index contributed by atoms with van der Waals surface area (Å²) in [6.45, 7) is 1.80. The summed E-state index contributed by atoms with van der Waals surface area (Å²) in [6.07, 6.45) is 0. The van der Waals surface area contributed by atoms with Crippen molar-refractivity contribution in [3.63, 3.8) is 0 Å². The molecule has 0 N–H and O–H groups in total. The van der Waals surface area contributed by atoms with Gasteiger partial charge in [0.1, 0.15) is 12.4 Å². The highest BCUT2D eigenvalue weighted by Gasteiger charge is 2.09. The molecule has 110 valence electrons. The van der Waals surface area contributed by atoms with Crippen LogP contribution in [0.15, 0.2) is 57.9 Å². The molecule has 2 aromatic rings. The third-order valence-electron chi connectivity index (χ3n) is 2.85. The predicted molar refractivity (Wildman–Crippen MR) is 87.4 cm³/mol. The molecule has 0 radical (unpaired) electrons. The van der Waals surface area contributed by atoms with E-state index >= 15 is 0 Å². The minimum Gasteiger partial charge on any atom is -0.492 e. The molecule has 0 bridgehead atoms. The maximum absolute atomic E-state index is 12.1. The van der Waals surface area contributed by atoms with E-state index in [4.69, 9.17) is 4.74 Å². The van der Waals surface area contributed by atoms with E-state index in [9.17, 15) is 9.00 Å². The lowest BCUT2D eigenvalue weighted by Gasteiger charge is -2.09. The van der Waals surface area contributed by atoms with Crippen LogP contribution in [0, 0.1) is 0 Å². The van der Waals surface area contributed by atoms with Crippen LogP contribution in [-0.2, 0) is 10.8 Å². The Morgan fingerprint density at radius 2 is 1.95 bits per heavy atom. The zero-order chi connectivity index (χ0) is 15.2. The first-order valence-electron chi connectivity index (χ1n) is 6.44. The Morgan fingerprint density at radius 1 is 1.19 bits per heavy atom. The zero-order valence-corrected chi connectivity index (χ0v) is 13.9. The molecule has 0 saturated heterocycles. The van der Waals surface area contributed by atoms with Crippen molar-refractivity contribution in [1.29, 1.82) is 0 Å². The Morgan fingerprint density at radius 3 is 2.67 bits per heavy atom. The van der Waals surface area contributed by atoms with Crippen LogP contribution in [0.3, 0.4) is 0 Å². The van der Waals surface area contributed by atoms with E-state index in [1.807, 2.05) is 30.3 Å². The van der Waals surface area contributed by atoms with Crippen molar-refractivity contribution >= 4 is 32.5 Å². The van der Waals surface area contributed by atoms with Gasteiger partial charge in [-0.2, -0.15) is 0 Å². The van der Waals surface area contributed by atoms with Crippen molar-refractivity contribution in [2.24, 2.45) is 0 Å². The topological polar surface area (TPSA) is 43.4 Å². The van der Waals surface area contributed by atoms with Crippen molar-refractivity contribution in [3.8, 4) is 5.75 Å². The van der Waals surface area contributed by atoms with Crippen LogP contribution in [0.25, 0.3) is 0 Å². The number of Topliss-reactive ketones (excluding diaryl/α,β-unsaturated/α-hetero) is 1. The summed E-state index contributed by atoms with van der Waals surface area (Å²) < 4.78 is 18.6. The molecule has 1 unspecified atom stereocenters. The van der Waals surface area contributed by atoms with Crippen molar-refractivity contribution in [1.82, 2.24) is 0 Å². The highest BCUT2D eigenvalue weighted by molar-refractivity contribution is 9.10. The van der Waals surface area contributed by atoms with Gasteiger partial charge in [0.25, 0.3) is 0 Å². The van der Waals surface area contributed by atoms with Crippen LogP contribution >= 0.6 is 15.9 Å². The molecule has 0 saturated carbocycles. The Labute approximate surface area is 134 Å². The molecule has 3 nitrogen and oxygen atoms in total. The molecule has 0 fully saturated rings. The van der Waals surface area contributed by atoms with Crippen LogP contribution in [-0.4, -0.2) is 22.4 Å². The number of benzene rings is 2. The molecule has 2 rings (SSSR count). The number of halogens is 1. The molecule has 0 aliphatic carbocycles. The fraction of sp³-hybridized carbons (Fsp3) is 0.188. The molecular formula is C16H15BrO3S. The first kappa shape index (κ1) is 15.9. The number of carbonyl (C=O) groups excluding carboxylic acids is 1. The minimum atomic E-state index is -1.12. The van der Waals surface area contributed by atoms with Gasteiger partial charge in [-0.25, -0.2) is 0 Å². The van der Waals surface area contributed by atoms with E-state index in [1.165, 1.54) is 6.92 Å². The van der Waals surface area contributed by atoms with Gasteiger partial charge in [0.15, 0.2) is 5.78 Å². The molecule has 0 amide bonds. The molecule has 0 spiro atoms. The second kappa shape index (κ2) is 7.52. The molecule has 0 aliphatic rings. The highest BCUT2D eigenvalue weighted by Crippen LogP contribution is 2.19. The number of carbonyl (C=O) groups is 1. The van der Waals surface area contributed by atoms with Crippen LogP contribution in [0.4, 0.5) is 0 Å². The Balaban J connectivity index is 1.96. The van der Waals surface area contributed by atoms with Gasteiger partial charge in [-0.05, 0) is 37.3 Å². The quantitative estimate of drug-likeness (QED) is 0.729. The fourth-order valence-corrected chi connectivity index (χ4v) is 3.35. The number of ether oxygens (including phenoxy) is 1. The van der Waals surface area contributed by atoms with Gasteiger partial charge in [-0.15, -0.1) is 0 Å². The normalized spacial score (nSPS) is 11.9. The molecular weight excluding hydrogens is 352 g/mol. The molecule has 0 heterocycles. The summed E-state index contributed by atoms with van der Waals surface area (Å²) in [6, 6.07) is 14.5. The van der Waals surface area contributed by atoms with Crippen LogP contribution < -0.4 is 4.74 Å². The van der Waals surface area contributed by atoms with Crippen LogP contribution in [0.1, 0.15) is 17.3 Å². The second-order valence-electron chi connectivity index (χ2n) is 4.41. The summed E-state index contributed by atoms with van der Waals surface area (Å²) in [4.78, 5) is 12.2. The predicted octanol–water partition coefficient (Wildman–Crippen LogP) is 3.84. The molecule has 5 heteroatoms. The number of ketones is 1. The monoisotopic (exact) mass is 366 g/mol. The minimum absolute atomic E-state index is 0.0429. The Hall–Kier alpha value is -1.46. The lowest BCUT2D eigenvalue weighted by molar-refractivity contribution is 0.101. The van der Waals surface area contributed by atoms with Crippen molar-refractivity contribution in [3.05, 3.63) is 58.6 Å². The van der Waals surface area contributed by atoms with Gasteiger partial charge in [-0.1, -0.05) is 34.1 Å². The zero-order valence-electron chi connectivity index (χ0n) is 11.5. The third-order valence-corrected chi connectivity index (χ3v) is 4.66. The first-order valence-corrected chi connectivity index (χ1v) is 8.56. The average Bonchev–Trinajstić information content (AvgIpc) is 2.47. The Kier molecular flexibility index (Phi) is 5.70.